The van der Waals surface area contributed by atoms with Crippen molar-refractivity contribution in [3.05, 3.63) is 29.3 Å². The van der Waals surface area contributed by atoms with Gasteiger partial charge in [0, 0.05) is 6.61 Å². The molecule has 0 bridgehead atoms. The number of H-pyrrole nitrogens is 1. The summed E-state index contributed by atoms with van der Waals surface area (Å²) in [5.74, 6) is -0.290. The van der Waals surface area contributed by atoms with Gasteiger partial charge in [0.05, 0.1) is 25.4 Å². The number of aliphatic hydroxyl groups is 1. The lowest BCUT2D eigenvalue weighted by atomic mass is 10.1. The number of imidazole rings is 2. The number of nitrogens with one attached hydrogen (secondary N) is 1. The molecule has 4 aromatic rings. The average molecular weight is 695 g/mol. The quantitative estimate of drug-likeness (QED) is 0.0959. The number of fused-ring (bicyclic) bond motifs is 2. The minimum absolute atomic E-state index is 0.0169. The molecule has 0 aliphatic carbocycles. The number of rotatable bonds is 10. The van der Waals surface area contributed by atoms with Crippen LogP contribution in [0.25, 0.3) is 22.3 Å². The van der Waals surface area contributed by atoms with Crippen LogP contribution in [0, 0.1) is 0 Å². The Kier molecular flexibility index (Phi) is 8.70. The number of hydrogen-bond acceptors (Lipinski definition) is 15. The number of aromatic nitrogens is 8. The highest BCUT2D eigenvalue weighted by Gasteiger charge is 2.57. The molecule has 2 saturated heterocycles. The van der Waals surface area contributed by atoms with E-state index in [0.29, 0.717) is 0 Å². The predicted molar refractivity (Wildman–Crippen MR) is 154 cm³/mol. The maximum absolute atomic E-state index is 15.8. The van der Waals surface area contributed by atoms with Crippen molar-refractivity contribution in [1.82, 2.24) is 39.0 Å². The normalized spacial score (nSPS) is 30.7. The van der Waals surface area contributed by atoms with E-state index in [4.69, 9.17) is 30.0 Å². The minimum atomic E-state index is -5.09. The Labute approximate surface area is 255 Å². The maximum Gasteiger partial charge on any atom is 0.338 e. The standard InChI is InChI=1S/C21H26F2N10O9P2S/c22-9-7(1-2-34)40-20(33-6-29-12-17(33)30-21(25)31-18(12)35)14(9)44(37,38)39-3-8-13(42-43(36)45)10(23)19(41-8)32-5-28-11-15(24)26-4-27-16(11)32/h4-10,13-14,19-20,34,43H,1-3H2,(H,36,45)(H,37,38)(H2,24,26,27)(H3,25,30,31,35)/t7-,8-,9-,10+,13-,14-,19-,20-/m1/s1. The van der Waals surface area contributed by atoms with Gasteiger partial charge in [0.15, 0.2) is 41.3 Å². The lowest BCUT2D eigenvalue weighted by molar-refractivity contribution is -0.0409. The van der Waals surface area contributed by atoms with Gasteiger partial charge in [-0.05, 0) is 6.42 Å². The first kappa shape index (κ1) is 31.9. The summed E-state index contributed by atoms with van der Waals surface area (Å²) in [6.07, 6.45) is -8.67. The molecule has 0 spiro atoms. The van der Waals surface area contributed by atoms with Gasteiger partial charge in [-0.3, -0.25) is 28.0 Å². The van der Waals surface area contributed by atoms with E-state index in [1.165, 1.54) is 10.9 Å². The summed E-state index contributed by atoms with van der Waals surface area (Å²) in [5.41, 5.74) is 8.66. The molecule has 24 heteroatoms. The lowest BCUT2D eigenvalue weighted by Gasteiger charge is -2.26. The maximum atomic E-state index is 15.8. The fourth-order valence-corrected chi connectivity index (χ4v) is 7.90. The Morgan fingerprint density at radius 3 is 2.47 bits per heavy atom. The van der Waals surface area contributed by atoms with Gasteiger partial charge in [-0.25, -0.2) is 28.7 Å². The van der Waals surface area contributed by atoms with Gasteiger partial charge in [-0.2, -0.15) is 4.98 Å². The van der Waals surface area contributed by atoms with Crippen molar-refractivity contribution in [2.75, 3.05) is 24.7 Å². The summed E-state index contributed by atoms with van der Waals surface area (Å²) in [4.78, 5) is 45.5. The van der Waals surface area contributed by atoms with E-state index in [-0.39, 0.29) is 40.5 Å². The molecular weight excluding hydrogens is 668 g/mol. The van der Waals surface area contributed by atoms with Crippen LogP contribution < -0.4 is 17.0 Å². The monoisotopic (exact) mass is 694 g/mol. The van der Waals surface area contributed by atoms with Gasteiger partial charge in [-0.1, -0.05) is 12.2 Å². The van der Waals surface area contributed by atoms with Crippen LogP contribution in [-0.4, -0.2) is 98.6 Å². The molecule has 2 aliphatic heterocycles. The number of halogens is 2. The van der Waals surface area contributed by atoms with Gasteiger partial charge in [-0.15, -0.1) is 0 Å². The zero-order valence-corrected chi connectivity index (χ0v) is 25.4. The number of aliphatic hydroxyl groups excluding tert-OH is 1. The van der Waals surface area contributed by atoms with Gasteiger partial charge in [0.2, 0.25) is 13.2 Å². The van der Waals surface area contributed by atoms with E-state index in [2.05, 4.69) is 42.2 Å². The highest BCUT2D eigenvalue weighted by atomic mass is 32.7. The Balaban J connectivity index is 1.29. The summed E-state index contributed by atoms with van der Waals surface area (Å²) in [6.45, 7) is -1.37. The SMILES string of the molecule is Nc1nc2c(ncn2[C@@H]2O[C@H](CCO)[C@@H](F)[C@H]2P(=O)(O)OC[C@H]2O[C@@H](n3cnc4c(N)ncnc43)[C@@H](F)[C@@H]2O[PH](=O)S)c(=O)[nH]1. The zero-order chi connectivity index (χ0) is 32.2. The van der Waals surface area contributed by atoms with E-state index in [9.17, 15) is 23.9 Å². The van der Waals surface area contributed by atoms with E-state index in [1.54, 1.807) is 0 Å². The van der Waals surface area contributed by atoms with Crippen LogP contribution in [0.5, 0.6) is 0 Å². The molecule has 4 aromatic heterocycles. The molecule has 2 fully saturated rings. The number of nitrogen functional groups attached to an aromatic ring is 2. The van der Waals surface area contributed by atoms with Crippen LogP contribution in [0.3, 0.4) is 0 Å². The van der Waals surface area contributed by atoms with E-state index < -0.39 is 82.4 Å². The van der Waals surface area contributed by atoms with Crippen molar-refractivity contribution in [2.24, 2.45) is 0 Å². The second kappa shape index (κ2) is 12.3. The highest BCUT2D eigenvalue weighted by Crippen LogP contribution is 2.59. The van der Waals surface area contributed by atoms with Crippen LogP contribution in [0.2, 0.25) is 0 Å². The minimum Gasteiger partial charge on any atom is -0.396 e. The Morgan fingerprint density at radius 1 is 1.07 bits per heavy atom. The number of thiol groups is 1. The first-order chi connectivity index (χ1) is 21.4. The molecular formula is C21H26F2N10O9P2S. The number of alkyl halides is 2. The average Bonchev–Trinajstić information content (AvgIpc) is 3.73. The summed E-state index contributed by atoms with van der Waals surface area (Å²) in [7, 11) is -8.16. The largest absolute Gasteiger partial charge is 0.396 e. The topological polar surface area (TPSA) is 271 Å². The predicted octanol–water partition coefficient (Wildman–Crippen LogP) is 0.253. The number of hydrogen-bond donors (Lipinski definition) is 6. The van der Waals surface area contributed by atoms with Crippen LogP contribution in [0.15, 0.2) is 23.8 Å². The Morgan fingerprint density at radius 2 is 1.76 bits per heavy atom. The first-order valence-corrected chi connectivity index (χ1v) is 17.4. The third-order valence-corrected chi connectivity index (χ3v) is 9.99. The number of anilines is 2. The summed E-state index contributed by atoms with van der Waals surface area (Å²) < 4.78 is 81.4. The summed E-state index contributed by atoms with van der Waals surface area (Å²) >= 11 is 3.73. The Hall–Kier alpha value is -3.07. The van der Waals surface area contributed by atoms with Crippen molar-refractivity contribution < 1.29 is 46.4 Å². The Bertz CT molecular complexity index is 1860. The fraction of sp³-hybridized carbons (Fsp3) is 0.524. The number of nitrogens with zero attached hydrogens (tertiary/aromatic N) is 7. The first-order valence-electron chi connectivity index (χ1n) is 13.1. The molecule has 0 radical (unpaired) electrons. The number of nitrogens with two attached hydrogens (primary N) is 2. The van der Waals surface area contributed by atoms with Crippen LogP contribution in [-0.2, 0) is 27.7 Å². The molecule has 10 atom stereocenters. The highest BCUT2D eigenvalue weighted by molar-refractivity contribution is 8.39. The molecule has 6 heterocycles. The molecule has 0 amide bonds. The second-order valence-electron chi connectivity index (χ2n) is 10.1. The van der Waals surface area contributed by atoms with Crippen molar-refractivity contribution in [3.8, 4) is 0 Å². The van der Waals surface area contributed by atoms with Gasteiger partial charge >= 0.3 is 7.60 Å². The second-order valence-corrected chi connectivity index (χ2v) is 13.9. The number of ether oxygens (including phenoxy) is 2. The molecule has 2 unspecified atom stereocenters. The van der Waals surface area contributed by atoms with Crippen molar-refractivity contribution in [1.29, 1.82) is 0 Å². The molecule has 0 saturated carbocycles. The third-order valence-electron chi connectivity index (χ3n) is 7.39. The van der Waals surface area contributed by atoms with Gasteiger partial charge in [0.1, 0.15) is 35.9 Å². The van der Waals surface area contributed by atoms with E-state index >= 15 is 8.78 Å². The fourth-order valence-electron chi connectivity index (χ4n) is 5.40. The summed E-state index contributed by atoms with van der Waals surface area (Å²) in [6, 6.07) is 0. The van der Waals surface area contributed by atoms with Crippen LogP contribution in [0.4, 0.5) is 20.5 Å². The molecule has 2 aliphatic rings. The van der Waals surface area contributed by atoms with Gasteiger partial charge < -0.3 is 40.0 Å². The third kappa shape index (κ3) is 5.74. The van der Waals surface area contributed by atoms with E-state index in [1.807, 2.05) is 0 Å². The van der Waals surface area contributed by atoms with Crippen molar-refractivity contribution >= 4 is 61.2 Å². The summed E-state index contributed by atoms with van der Waals surface area (Å²) in [5, 5.41) is 9.43. The molecule has 0 aromatic carbocycles. The lowest BCUT2D eigenvalue weighted by Crippen LogP contribution is -2.34. The molecule has 45 heavy (non-hydrogen) atoms. The van der Waals surface area contributed by atoms with Crippen LogP contribution >= 0.6 is 27.1 Å². The number of aromatic amines is 1. The van der Waals surface area contributed by atoms with E-state index in [0.717, 1.165) is 17.2 Å². The molecule has 19 nitrogen and oxygen atoms in total. The van der Waals surface area contributed by atoms with Crippen LogP contribution in [0.1, 0.15) is 18.9 Å². The molecule has 6 rings (SSSR count). The van der Waals surface area contributed by atoms with Crippen molar-refractivity contribution in [3.63, 3.8) is 0 Å². The van der Waals surface area contributed by atoms with Crippen molar-refractivity contribution in [2.45, 2.75) is 55.2 Å². The smallest absolute Gasteiger partial charge is 0.338 e. The molecule has 244 valence electrons. The van der Waals surface area contributed by atoms with Gasteiger partial charge in [0.25, 0.3) is 5.56 Å². The zero-order valence-electron chi connectivity index (χ0n) is 22.7. The molecule has 7 N–H and O–H groups in total.